The number of anilines is 2. The van der Waals surface area contributed by atoms with E-state index in [0.29, 0.717) is 23.5 Å². The monoisotopic (exact) mass is 494 g/mol. The van der Waals surface area contributed by atoms with Gasteiger partial charge >= 0.3 is 0 Å². The molecule has 0 heterocycles. The highest BCUT2D eigenvalue weighted by Crippen LogP contribution is 2.22. The Bertz CT molecular complexity index is 1320. The zero-order valence-corrected chi connectivity index (χ0v) is 21.1. The number of amides is 2. The largest absolute Gasteiger partial charge is 0.376 e. The average Bonchev–Trinajstić information content (AvgIpc) is 2.83. The van der Waals surface area contributed by atoms with E-state index >= 15 is 0 Å². The van der Waals surface area contributed by atoms with E-state index in [0.717, 1.165) is 21.0 Å². The molecule has 0 saturated heterocycles. The first-order valence-corrected chi connectivity index (χ1v) is 12.5. The summed E-state index contributed by atoms with van der Waals surface area (Å²) >= 11 is 0. The van der Waals surface area contributed by atoms with Crippen LogP contribution in [0.15, 0.2) is 71.6 Å². The average molecular weight is 495 g/mol. The predicted octanol–water partition coefficient (Wildman–Crippen LogP) is 3.53. The minimum absolute atomic E-state index is 0.106. The molecule has 3 N–H and O–H groups in total. The van der Waals surface area contributed by atoms with Gasteiger partial charge in [0.25, 0.3) is 5.91 Å². The summed E-state index contributed by atoms with van der Waals surface area (Å²) in [7, 11) is -0.673. The molecule has 0 fully saturated rings. The number of benzene rings is 3. The van der Waals surface area contributed by atoms with Gasteiger partial charge in [-0.25, -0.2) is 12.7 Å². The summed E-state index contributed by atoms with van der Waals surface area (Å²) in [5, 5.41) is 8.63. The van der Waals surface area contributed by atoms with Gasteiger partial charge in [-0.1, -0.05) is 48.0 Å². The fourth-order valence-electron chi connectivity index (χ4n) is 3.31. The van der Waals surface area contributed by atoms with Crippen molar-refractivity contribution >= 4 is 33.2 Å². The molecule has 2 amide bonds. The summed E-state index contributed by atoms with van der Waals surface area (Å²) < 4.78 is 26.0. The van der Waals surface area contributed by atoms with Crippen molar-refractivity contribution in [1.82, 2.24) is 9.62 Å². The molecule has 0 saturated carbocycles. The molecule has 0 aliphatic rings. The Labute approximate surface area is 206 Å². The van der Waals surface area contributed by atoms with Crippen molar-refractivity contribution in [1.29, 1.82) is 0 Å². The van der Waals surface area contributed by atoms with Crippen molar-refractivity contribution in [3.8, 4) is 0 Å². The number of nitrogens with one attached hydrogen (secondary N) is 3. The second kappa shape index (κ2) is 11.2. The van der Waals surface area contributed by atoms with Gasteiger partial charge in [0.2, 0.25) is 15.9 Å². The maximum Gasteiger partial charge on any atom is 0.253 e. The van der Waals surface area contributed by atoms with Crippen molar-refractivity contribution < 1.29 is 18.0 Å². The lowest BCUT2D eigenvalue weighted by molar-refractivity contribution is -0.114. The number of sulfonamides is 1. The molecular formula is C26H30N4O4S. The third kappa shape index (κ3) is 6.68. The summed E-state index contributed by atoms with van der Waals surface area (Å²) in [6, 6.07) is 19.4. The fraction of sp³-hybridized carbons (Fsp3) is 0.231. The lowest BCUT2D eigenvalue weighted by Crippen LogP contribution is -2.27. The summed E-state index contributed by atoms with van der Waals surface area (Å²) in [4.78, 5) is 25.5. The van der Waals surface area contributed by atoms with Crippen LogP contribution in [0.4, 0.5) is 11.4 Å². The Morgan fingerprint density at radius 2 is 1.57 bits per heavy atom. The van der Waals surface area contributed by atoms with Gasteiger partial charge in [0.15, 0.2) is 0 Å². The Balaban J connectivity index is 1.65. The van der Waals surface area contributed by atoms with Crippen LogP contribution in [-0.2, 0) is 21.4 Å². The first-order chi connectivity index (χ1) is 16.6. The molecule has 0 spiro atoms. The number of aryl methyl sites for hydroxylation is 2. The maximum absolute atomic E-state index is 12.8. The first-order valence-electron chi connectivity index (χ1n) is 11.1. The second-order valence-corrected chi connectivity index (χ2v) is 10.5. The van der Waals surface area contributed by atoms with E-state index in [-0.39, 0.29) is 23.3 Å². The summed E-state index contributed by atoms with van der Waals surface area (Å²) in [6.07, 6.45) is 0. The fourth-order valence-corrected chi connectivity index (χ4v) is 4.23. The quantitative estimate of drug-likeness (QED) is 0.422. The molecule has 8 nitrogen and oxygen atoms in total. The van der Waals surface area contributed by atoms with Gasteiger partial charge < -0.3 is 16.0 Å². The van der Waals surface area contributed by atoms with Gasteiger partial charge in [-0.15, -0.1) is 0 Å². The number of carbonyl (C=O) groups excluding carboxylic acids is 2. The van der Waals surface area contributed by atoms with E-state index in [2.05, 4.69) is 16.0 Å². The van der Waals surface area contributed by atoms with Gasteiger partial charge in [-0.2, -0.15) is 0 Å². The number of para-hydroxylation sites is 1. The first kappa shape index (κ1) is 25.9. The normalized spacial score (nSPS) is 11.2. The summed E-state index contributed by atoms with van der Waals surface area (Å²) in [5.41, 5.74) is 4.19. The molecule has 184 valence electrons. The van der Waals surface area contributed by atoms with Crippen LogP contribution in [0.25, 0.3) is 0 Å². The summed E-state index contributed by atoms with van der Waals surface area (Å²) in [5.74, 6) is -0.670. The third-order valence-corrected chi connectivity index (χ3v) is 7.26. The topological polar surface area (TPSA) is 108 Å². The van der Waals surface area contributed by atoms with Crippen molar-refractivity contribution in [2.24, 2.45) is 0 Å². The van der Waals surface area contributed by atoms with Crippen LogP contribution in [0.2, 0.25) is 0 Å². The van der Waals surface area contributed by atoms with Gasteiger partial charge in [-0.05, 0) is 49.2 Å². The lowest BCUT2D eigenvalue weighted by Gasteiger charge is -2.15. The van der Waals surface area contributed by atoms with Crippen molar-refractivity contribution in [3.05, 3.63) is 89.0 Å². The minimum atomic E-state index is -3.60. The van der Waals surface area contributed by atoms with E-state index in [9.17, 15) is 18.0 Å². The lowest BCUT2D eigenvalue weighted by atomic mass is 10.1. The van der Waals surface area contributed by atoms with Crippen LogP contribution in [0.5, 0.6) is 0 Å². The molecule has 3 aromatic rings. The highest BCUT2D eigenvalue weighted by atomic mass is 32.2. The maximum atomic E-state index is 12.8. The molecule has 0 radical (unpaired) electrons. The van der Waals surface area contributed by atoms with E-state index in [4.69, 9.17) is 0 Å². The van der Waals surface area contributed by atoms with Crippen LogP contribution < -0.4 is 16.0 Å². The number of hydrogen-bond acceptors (Lipinski definition) is 5. The molecule has 3 aromatic carbocycles. The molecule has 0 aromatic heterocycles. The van der Waals surface area contributed by atoms with Crippen molar-refractivity contribution in [3.63, 3.8) is 0 Å². The molecular weight excluding hydrogens is 464 g/mol. The van der Waals surface area contributed by atoms with Crippen LogP contribution in [0.3, 0.4) is 0 Å². The standard InChI is InChI=1S/C26H30N4O4S/c1-18-9-12-20(13-10-18)16-28-26(32)22-7-5-6-8-23(22)29-25(31)17-27-24-15-21(14-11-19(24)2)35(33,34)30(3)4/h5-15,27H,16-17H2,1-4H3,(H,28,32)(H,29,31). The number of carbonyl (C=O) groups is 2. The van der Waals surface area contributed by atoms with E-state index in [1.54, 1.807) is 30.3 Å². The molecule has 35 heavy (non-hydrogen) atoms. The molecule has 0 unspecified atom stereocenters. The number of nitrogens with zero attached hydrogens (tertiary/aromatic N) is 1. The number of rotatable bonds is 9. The minimum Gasteiger partial charge on any atom is -0.376 e. The van der Waals surface area contributed by atoms with Crippen molar-refractivity contribution in [2.75, 3.05) is 31.3 Å². The zero-order valence-electron chi connectivity index (χ0n) is 20.3. The van der Waals surface area contributed by atoms with E-state index in [1.165, 1.54) is 26.2 Å². The Morgan fingerprint density at radius 1 is 0.886 bits per heavy atom. The Hall–Kier alpha value is -3.69. The van der Waals surface area contributed by atoms with Crippen LogP contribution in [0, 0.1) is 13.8 Å². The van der Waals surface area contributed by atoms with Gasteiger partial charge in [0, 0.05) is 26.3 Å². The zero-order chi connectivity index (χ0) is 25.6. The highest BCUT2D eigenvalue weighted by Gasteiger charge is 2.18. The molecule has 3 rings (SSSR count). The molecule has 0 atom stereocenters. The smallest absolute Gasteiger partial charge is 0.253 e. The van der Waals surface area contributed by atoms with E-state index < -0.39 is 10.0 Å². The number of hydrogen-bond donors (Lipinski definition) is 3. The van der Waals surface area contributed by atoms with Crippen LogP contribution >= 0.6 is 0 Å². The van der Waals surface area contributed by atoms with Gasteiger partial charge in [0.1, 0.15) is 0 Å². The van der Waals surface area contributed by atoms with E-state index in [1.807, 2.05) is 38.1 Å². The Morgan fingerprint density at radius 3 is 2.26 bits per heavy atom. The molecule has 0 bridgehead atoms. The Kier molecular flexibility index (Phi) is 8.26. The highest BCUT2D eigenvalue weighted by molar-refractivity contribution is 7.89. The third-order valence-electron chi connectivity index (χ3n) is 5.45. The predicted molar refractivity (Wildman–Crippen MR) is 138 cm³/mol. The summed E-state index contributed by atoms with van der Waals surface area (Å²) in [6.45, 7) is 4.08. The molecule has 9 heteroatoms. The van der Waals surface area contributed by atoms with Crippen LogP contribution in [-0.4, -0.2) is 45.2 Å². The van der Waals surface area contributed by atoms with Gasteiger partial charge in [-0.3, -0.25) is 9.59 Å². The SMILES string of the molecule is Cc1ccc(CNC(=O)c2ccccc2NC(=O)CNc2cc(S(=O)(=O)N(C)C)ccc2C)cc1. The van der Waals surface area contributed by atoms with Crippen LogP contribution in [0.1, 0.15) is 27.0 Å². The molecule has 0 aliphatic carbocycles. The second-order valence-electron chi connectivity index (χ2n) is 8.38. The molecule has 0 aliphatic heterocycles. The van der Waals surface area contributed by atoms with Crippen molar-refractivity contribution in [2.45, 2.75) is 25.3 Å². The van der Waals surface area contributed by atoms with Gasteiger partial charge in [0.05, 0.1) is 22.7 Å².